The summed E-state index contributed by atoms with van der Waals surface area (Å²) in [6, 6.07) is 0. The summed E-state index contributed by atoms with van der Waals surface area (Å²) in [5, 5.41) is 15.4. The molecular weight excluding hydrogens is 236 g/mol. The lowest BCUT2D eigenvalue weighted by Crippen LogP contribution is -2.30. The van der Waals surface area contributed by atoms with Gasteiger partial charge in [0, 0.05) is 13.1 Å². The van der Waals surface area contributed by atoms with Crippen LogP contribution in [0.25, 0.3) is 0 Å². The molecule has 0 aliphatic heterocycles. The van der Waals surface area contributed by atoms with Gasteiger partial charge in [0.15, 0.2) is 0 Å². The molecular formula is C11H20N4O3. The third kappa shape index (κ3) is 3.44. The molecule has 0 aromatic carbocycles. The number of aromatic nitrogens is 2. The van der Waals surface area contributed by atoms with Crippen molar-refractivity contribution in [2.45, 2.75) is 20.4 Å². The van der Waals surface area contributed by atoms with E-state index in [1.807, 2.05) is 6.92 Å². The van der Waals surface area contributed by atoms with Gasteiger partial charge in [-0.3, -0.25) is 9.48 Å². The molecule has 1 amide bonds. The quantitative estimate of drug-likeness (QED) is 0.572. The van der Waals surface area contributed by atoms with Crippen molar-refractivity contribution >= 4 is 11.6 Å². The maximum Gasteiger partial charge on any atom is 0.271 e. The van der Waals surface area contributed by atoms with Gasteiger partial charge in [0.05, 0.1) is 31.2 Å². The first-order valence-electron chi connectivity index (χ1n) is 5.91. The summed E-state index contributed by atoms with van der Waals surface area (Å²) in [6.45, 7) is 5.21. The topological polar surface area (TPSA) is 102 Å². The number of hydrogen-bond acceptors (Lipinski definition) is 5. The van der Waals surface area contributed by atoms with Gasteiger partial charge in [0.1, 0.15) is 5.69 Å². The highest BCUT2D eigenvalue weighted by Gasteiger charge is 2.18. The molecule has 1 aromatic heterocycles. The van der Waals surface area contributed by atoms with Crippen LogP contribution in [0.1, 0.15) is 23.1 Å². The molecule has 0 radical (unpaired) electrons. The number of carbonyl (C=O) groups is 1. The number of nitrogens with two attached hydrogens (primary N) is 1. The number of amides is 1. The molecule has 0 atom stereocenters. The van der Waals surface area contributed by atoms with Crippen LogP contribution >= 0.6 is 0 Å². The molecule has 1 heterocycles. The molecule has 1 rings (SSSR count). The normalized spacial score (nSPS) is 10.6. The van der Waals surface area contributed by atoms with Crippen molar-refractivity contribution in [3.8, 4) is 0 Å². The molecule has 4 N–H and O–H groups in total. The first-order valence-corrected chi connectivity index (χ1v) is 5.91. The predicted molar refractivity (Wildman–Crippen MR) is 67.3 cm³/mol. The number of anilines is 1. The fraction of sp³-hybridized carbons (Fsp3) is 0.636. The van der Waals surface area contributed by atoms with Gasteiger partial charge in [-0.2, -0.15) is 5.10 Å². The molecule has 102 valence electrons. The average molecular weight is 256 g/mol. The number of aliphatic hydroxyl groups is 1. The highest BCUT2D eigenvalue weighted by Crippen LogP contribution is 2.15. The molecule has 7 heteroatoms. The predicted octanol–water partition coefficient (Wildman–Crippen LogP) is -0.468. The molecule has 0 aliphatic carbocycles. The van der Waals surface area contributed by atoms with Gasteiger partial charge in [-0.05, 0) is 13.8 Å². The van der Waals surface area contributed by atoms with Crippen molar-refractivity contribution in [2.75, 3.05) is 32.1 Å². The molecule has 7 nitrogen and oxygen atoms in total. The molecule has 0 bridgehead atoms. The van der Waals surface area contributed by atoms with Crippen LogP contribution in [0.4, 0.5) is 5.69 Å². The molecule has 0 aliphatic rings. The molecule has 18 heavy (non-hydrogen) atoms. The summed E-state index contributed by atoms with van der Waals surface area (Å²) >= 11 is 0. The summed E-state index contributed by atoms with van der Waals surface area (Å²) < 4.78 is 6.62. The van der Waals surface area contributed by atoms with Gasteiger partial charge >= 0.3 is 0 Å². The van der Waals surface area contributed by atoms with E-state index in [-0.39, 0.29) is 19.1 Å². The Bertz CT molecular complexity index is 403. The van der Waals surface area contributed by atoms with E-state index in [4.69, 9.17) is 15.6 Å². The van der Waals surface area contributed by atoms with Crippen LogP contribution in [-0.2, 0) is 11.3 Å². The van der Waals surface area contributed by atoms with E-state index in [1.54, 1.807) is 11.6 Å². The monoisotopic (exact) mass is 256 g/mol. The first kappa shape index (κ1) is 14.5. The lowest BCUT2D eigenvalue weighted by atomic mass is 10.3. The first-order chi connectivity index (χ1) is 8.61. The summed E-state index contributed by atoms with van der Waals surface area (Å²) in [4.78, 5) is 11.9. The van der Waals surface area contributed by atoms with Crippen LogP contribution in [0, 0.1) is 6.92 Å². The van der Waals surface area contributed by atoms with E-state index in [9.17, 15) is 4.79 Å². The smallest absolute Gasteiger partial charge is 0.271 e. The van der Waals surface area contributed by atoms with Crippen molar-refractivity contribution in [1.82, 2.24) is 15.1 Å². The third-order valence-electron chi connectivity index (χ3n) is 2.46. The Hall–Kier alpha value is -1.60. The molecule has 0 spiro atoms. The van der Waals surface area contributed by atoms with Gasteiger partial charge in [-0.1, -0.05) is 0 Å². The summed E-state index contributed by atoms with van der Waals surface area (Å²) in [5.41, 5.74) is 7.27. The fourth-order valence-corrected chi connectivity index (χ4v) is 1.55. The maximum atomic E-state index is 11.9. The van der Waals surface area contributed by atoms with Gasteiger partial charge in [0.25, 0.3) is 5.91 Å². The van der Waals surface area contributed by atoms with Gasteiger partial charge in [-0.15, -0.1) is 0 Å². The lowest BCUT2D eigenvalue weighted by molar-refractivity contribution is 0.0832. The third-order valence-corrected chi connectivity index (χ3v) is 2.46. The van der Waals surface area contributed by atoms with Crippen LogP contribution < -0.4 is 11.1 Å². The lowest BCUT2D eigenvalue weighted by Gasteiger charge is -2.07. The Kier molecular flexibility index (Phi) is 5.60. The number of aliphatic hydroxyl groups excluding tert-OH is 1. The Balaban J connectivity index is 2.56. The van der Waals surface area contributed by atoms with E-state index in [1.165, 1.54) is 0 Å². The van der Waals surface area contributed by atoms with Crippen molar-refractivity contribution < 1.29 is 14.6 Å². The zero-order valence-electron chi connectivity index (χ0n) is 10.8. The van der Waals surface area contributed by atoms with Crippen LogP contribution in [0.3, 0.4) is 0 Å². The minimum Gasteiger partial charge on any atom is -0.395 e. The van der Waals surface area contributed by atoms with Crippen LogP contribution in [-0.4, -0.2) is 47.2 Å². The molecule has 0 saturated heterocycles. The Morgan fingerprint density at radius 1 is 1.56 bits per heavy atom. The van der Waals surface area contributed by atoms with E-state index in [0.29, 0.717) is 36.8 Å². The van der Waals surface area contributed by atoms with E-state index in [2.05, 4.69) is 10.4 Å². The SMILES string of the molecule is CCn1nc(C)c(N)c1C(=O)NCCOCCO. The van der Waals surface area contributed by atoms with E-state index in [0.717, 1.165) is 0 Å². The molecule has 0 fully saturated rings. The Morgan fingerprint density at radius 3 is 2.89 bits per heavy atom. The molecule has 1 aromatic rings. The summed E-state index contributed by atoms with van der Waals surface area (Å²) in [6.07, 6.45) is 0. The van der Waals surface area contributed by atoms with Crippen LogP contribution in [0.15, 0.2) is 0 Å². The van der Waals surface area contributed by atoms with Crippen molar-refractivity contribution in [3.05, 3.63) is 11.4 Å². The summed E-state index contributed by atoms with van der Waals surface area (Å²) in [5.74, 6) is -0.262. The van der Waals surface area contributed by atoms with E-state index < -0.39 is 0 Å². The van der Waals surface area contributed by atoms with Gasteiger partial charge < -0.3 is 20.9 Å². The largest absolute Gasteiger partial charge is 0.395 e. The Labute approximate surface area is 106 Å². The standard InChI is InChI=1S/C11H20N4O3/c1-3-15-10(9(12)8(2)14-15)11(17)13-4-6-18-7-5-16/h16H,3-7,12H2,1-2H3,(H,13,17). The minimum absolute atomic E-state index is 0.0251. The van der Waals surface area contributed by atoms with Crippen molar-refractivity contribution in [3.63, 3.8) is 0 Å². The maximum absolute atomic E-state index is 11.9. The Morgan fingerprint density at radius 2 is 2.28 bits per heavy atom. The average Bonchev–Trinajstić information content (AvgIpc) is 2.65. The zero-order valence-corrected chi connectivity index (χ0v) is 10.8. The number of aryl methyl sites for hydroxylation is 2. The highest BCUT2D eigenvalue weighted by atomic mass is 16.5. The fourth-order valence-electron chi connectivity index (χ4n) is 1.55. The van der Waals surface area contributed by atoms with Gasteiger partial charge in [0.2, 0.25) is 0 Å². The molecule has 0 unspecified atom stereocenters. The van der Waals surface area contributed by atoms with E-state index >= 15 is 0 Å². The number of nitrogens with one attached hydrogen (secondary N) is 1. The van der Waals surface area contributed by atoms with Gasteiger partial charge in [-0.25, -0.2) is 0 Å². The van der Waals surface area contributed by atoms with Crippen LogP contribution in [0.5, 0.6) is 0 Å². The zero-order chi connectivity index (χ0) is 13.5. The second kappa shape index (κ2) is 6.97. The highest BCUT2D eigenvalue weighted by molar-refractivity contribution is 5.97. The number of carbonyl (C=O) groups excluding carboxylic acids is 1. The number of rotatable bonds is 7. The van der Waals surface area contributed by atoms with Crippen molar-refractivity contribution in [1.29, 1.82) is 0 Å². The second-order valence-corrected chi connectivity index (χ2v) is 3.76. The minimum atomic E-state index is -0.262. The number of hydrogen-bond donors (Lipinski definition) is 3. The number of nitrogen functional groups attached to an aromatic ring is 1. The number of ether oxygens (including phenoxy) is 1. The van der Waals surface area contributed by atoms with Crippen molar-refractivity contribution in [2.24, 2.45) is 0 Å². The molecule has 0 saturated carbocycles. The number of nitrogens with zero attached hydrogens (tertiary/aromatic N) is 2. The van der Waals surface area contributed by atoms with Crippen LogP contribution in [0.2, 0.25) is 0 Å². The second-order valence-electron chi connectivity index (χ2n) is 3.76. The summed E-state index contributed by atoms with van der Waals surface area (Å²) in [7, 11) is 0.